The molecule has 2 unspecified atom stereocenters. The fourth-order valence-electron chi connectivity index (χ4n) is 2.91. The van der Waals surface area contributed by atoms with Gasteiger partial charge in [-0.05, 0) is 26.1 Å². The van der Waals surface area contributed by atoms with Gasteiger partial charge in [0.2, 0.25) is 0 Å². The van der Waals surface area contributed by atoms with E-state index in [1.54, 1.807) is 18.3 Å². The van der Waals surface area contributed by atoms with Gasteiger partial charge in [0.15, 0.2) is 0 Å². The number of aromatic nitrogens is 1. The molecule has 122 valence electrons. The molecule has 0 saturated carbocycles. The van der Waals surface area contributed by atoms with Crippen LogP contribution in [0.25, 0.3) is 10.8 Å². The van der Waals surface area contributed by atoms with Crippen molar-refractivity contribution in [1.82, 2.24) is 9.88 Å². The summed E-state index contributed by atoms with van der Waals surface area (Å²) in [6.07, 6.45) is 3.27. The molecule has 2 heterocycles. The molecule has 0 spiro atoms. The third-order valence-corrected chi connectivity index (χ3v) is 4.23. The highest BCUT2D eigenvalue weighted by Gasteiger charge is 2.24. The Hall–Kier alpha value is -2.25. The number of fused-ring (bicyclic) bond motifs is 1. The number of benzene rings is 1. The zero-order valence-corrected chi connectivity index (χ0v) is 13.2. The van der Waals surface area contributed by atoms with Crippen LogP contribution in [-0.4, -0.2) is 53.7 Å². The molecule has 1 aromatic carbocycles. The third-order valence-electron chi connectivity index (χ3n) is 4.23. The highest BCUT2D eigenvalue weighted by atomic mass is 16.6. The molecule has 0 amide bonds. The van der Waals surface area contributed by atoms with E-state index >= 15 is 0 Å². The summed E-state index contributed by atoms with van der Waals surface area (Å²) in [5.74, 6) is 0. The number of ether oxygens (including phenoxy) is 1. The molecule has 1 saturated heterocycles. The van der Waals surface area contributed by atoms with Gasteiger partial charge in [0.1, 0.15) is 0 Å². The van der Waals surface area contributed by atoms with Crippen molar-refractivity contribution in [2.75, 3.05) is 32.1 Å². The van der Waals surface area contributed by atoms with Gasteiger partial charge in [0.25, 0.3) is 5.69 Å². The summed E-state index contributed by atoms with van der Waals surface area (Å²) in [6, 6.07) is 5.16. The van der Waals surface area contributed by atoms with Gasteiger partial charge in [-0.3, -0.25) is 15.1 Å². The minimum Gasteiger partial charge on any atom is -0.379 e. The van der Waals surface area contributed by atoms with Crippen molar-refractivity contribution in [3.05, 3.63) is 40.7 Å². The van der Waals surface area contributed by atoms with Crippen LogP contribution < -0.4 is 5.32 Å². The summed E-state index contributed by atoms with van der Waals surface area (Å²) in [5.41, 5.74) is 0.928. The van der Waals surface area contributed by atoms with Gasteiger partial charge in [-0.1, -0.05) is 0 Å². The normalized spacial score (nSPS) is 20.3. The molecule has 1 fully saturated rings. The summed E-state index contributed by atoms with van der Waals surface area (Å²) >= 11 is 0. The van der Waals surface area contributed by atoms with Crippen LogP contribution in [0.1, 0.15) is 6.92 Å². The molecule has 0 aliphatic carbocycles. The highest BCUT2D eigenvalue weighted by molar-refractivity contribution is 5.99. The lowest BCUT2D eigenvalue weighted by Gasteiger charge is -2.34. The van der Waals surface area contributed by atoms with Crippen molar-refractivity contribution in [3.63, 3.8) is 0 Å². The van der Waals surface area contributed by atoms with Crippen LogP contribution in [0.3, 0.4) is 0 Å². The number of rotatable bonds is 4. The Bertz CT molecular complexity index is 722. The summed E-state index contributed by atoms with van der Waals surface area (Å²) in [7, 11) is 2.08. The first-order chi connectivity index (χ1) is 11.1. The second-order valence-corrected chi connectivity index (χ2v) is 5.92. The maximum Gasteiger partial charge on any atom is 0.278 e. The largest absolute Gasteiger partial charge is 0.379 e. The first kappa shape index (κ1) is 15.6. The number of nitro benzene ring substituents is 1. The lowest BCUT2D eigenvalue weighted by molar-refractivity contribution is -0.383. The van der Waals surface area contributed by atoms with Crippen molar-refractivity contribution in [2.45, 2.75) is 19.1 Å². The minimum absolute atomic E-state index is 0.0694. The van der Waals surface area contributed by atoms with E-state index in [1.165, 1.54) is 12.3 Å². The van der Waals surface area contributed by atoms with Crippen LogP contribution in [0.4, 0.5) is 11.4 Å². The predicted molar refractivity (Wildman–Crippen MR) is 88.7 cm³/mol. The molecule has 7 nitrogen and oxygen atoms in total. The Morgan fingerprint density at radius 3 is 3.00 bits per heavy atom. The van der Waals surface area contributed by atoms with Gasteiger partial charge in [-0.15, -0.1) is 0 Å². The predicted octanol–water partition coefficient (Wildman–Crippen LogP) is 2.27. The monoisotopic (exact) mass is 316 g/mol. The molecule has 7 heteroatoms. The molecule has 23 heavy (non-hydrogen) atoms. The Morgan fingerprint density at radius 1 is 1.43 bits per heavy atom. The van der Waals surface area contributed by atoms with E-state index in [-0.39, 0.29) is 22.8 Å². The van der Waals surface area contributed by atoms with E-state index in [0.29, 0.717) is 5.39 Å². The average molecular weight is 316 g/mol. The van der Waals surface area contributed by atoms with E-state index in [1.807, 2.05) is 0 Å². The number of likely N-dealkylation sites (N-methyl/N-ethyl adjacent to an activating group) is 1. The van der Waals surface area contributed by atoms with Gasteiger partial charge >= 0.3 is 0 Å². The van der Waals surface area contributed by atoms with Crippen LogP contribution in [0.15, 0.2) is 30.6 Å². The molecular weight excluding hydrogens is 296 g/mol. The number of anilines is 1. The fourth-order valence-corrected chi connectivity index (χ4v) is 2.91. The van der Waals surface area contributed by atoms with Gasteiger partial charge in [-0.2, -0.15) is 0 Å². The number of morpholine rings is 1. The van der Waals surface area contributed by atoms with Gasteiger partial charge in [0, 0.05) is 42.6 Å². The fraction of sp³-hybridized carbons (Fsp3) is 0.438. The number of non-ortho nitro benzene ring substituents is 1. The van der Waals surface area contributed by atoms with E-state index in [4.69, 9.17) is 4.74 Å². The second kappa shape index (κ2) is 6.47. The minimum atomic E-state index is -0.379. The zero-order valence-electron chi connectivity index (χ0n) is 13.2. The molecule has 2 atom stereocenters. The number of pyridine rings is 1. The molecule has 2 aromatic rings. The van der Waals surface area contributed by atoms with Gasteiger partial charge in [-0.25, -0.2) is 0 Å². The topological polar surface area (TPSA) is 80.5 Å². The zero-order chi connectivity index (χ0) is 16.4. The number of hydrogen-bond donors (Lipinski definition) is 1. The van der Waals surface area contributed by atoms with Crippen LogP contribution in [-0.2, 0) is 4.74 Å². The summed E-state index contributed by atoms with van der Waals surface area (Å²) in [4.78, 5) is 17.0. The Labute approximate surface area is 134 Å². The van der Waals surface area contributed by atoms with Gasteiger partial charge in [0.05, 0.1) is 29.1 Å². The Kier molecular flexibility index (Phi) is 4.40. The van der Waals surface area contributed by atoms with Crippen molar-refractivity contribution < 1.29 is 9.66 Å². The molecule has 1 aliphatic heterocycles. The van der Waals surface area contributed by atoms with E-state index in [0.717, 1.165) is 30.8 Å². The summed E-state index contributed by atoms with van der Waals surface area (Å²) in [5, 5.41) is 15.9. The highest BCUT2D eigenvalue weighted by Crippen LogP contribution is 2.31. The van der Waals surface area contributed by atoms with Crippen molar-refractivity contribution in [3.8, 4) is 0 Å². The van der Waals surface area contributed by atoms with Crippen LogP contribution in [0.5, 0.6) is 0 Å². The first-order valence-corrected chi connectivity index (χ1v) is 7.64. The number of nitrogens with one attached hydrogen (secondary N) is 1. The molecular formula is C16H20N4O3. The van der Waals surface area contributed by atoms with Crippen molar-refractivity contribution >= 4 is 22.1 Å². The average Bonchev–Trinajstić information content (AvgIpc) is 2.54. The number of nitro groups is 1. The molecule has 0 radical (unpaired) electrons. The van der Waals surface area contributed by atoms with E-state index in [2.05, 4.69) is 29.2 Å². The molecule has 3 rings (SSSR count). The molecule has 1 aromatic heterocycles. The Balaban J connectivity index is 1.88. The van der Waals surface area contributed by atoms with E-state index < -0.39 is 0 Å². The number of hydrogen-bond acceptors (Lipinski definition) is 6. The lowest BCUT2D eigenvalue weighted by atomic mass is 10.1. The molecule has 0 bridgehead atoms. The van der Waals surface area contributed by atoms with Crippen LogP contribution in [0, 0.1) is 10.1 Å². The lowest BCUT2D eigenvalue weighted by Crippen LogP contribution is -2.47. The first-order valence-electron chi connectivity index (χ1n) is 7.64. The maximum atomic E-state index is 11.2. The maximum absolute atomic E-state index is 11.2. The van der Waals surface area contributed by atoms with Crippen LogP contribution >= 0.6 is 0 Å². The van der Waals surface area contributed by atoms with Crippen LogP contribution in [0.2, 0.25) is 0 Å². The second-order valence-electron chi connectivity index (χ2n) is 5.92. The third kappa shape index (κ3) is 3.25. The molecule has 1 N–H and O–H groups in total. The quantitative estimate of drug-likeness (QED) is 0.688. The standard InChI is InChI=1S/C16H20N4O3/c1-11(16-10-19(2)7-8-23-16)18-14-3-4-15(20(21)22)13-9-17-6-5-12(13)14/h3-6,9,11,16,18H,7-8,10H2,1-2H3. The smallest absolute Gasteiger partial charge is 0.278 e. The van der Waals surface area contributed by atoms with Crippen molar-refractivity contribution in [1.29, 1.82) is 0 Å². The van der Waals surface area contributed by atoms with E-state index in [9.17, 15) is 10.1 Å². The molecule has 1 aliphatic rings. The number of nitrogens with zero attached hydrogens (tertiary/aromatic N) is 3. The summed E-state index contributed by atoms with van der Waals surface area (Å²) < 4.78 is 5.83. The Morgan fingerprint density at radius 2 is 2.26 bits per heavy atom. The van der Waals surface area contributed by atoms with Crippen molar-refractivity contribution in [2.24, 2.45) is 0 Å². The van der Waals surface area contributed by atoms with Gasteiger partial charge < -0.3 is 15.0 Å². The SMILES string of the molecule is CC(Nc1ccc([N+](=O)[O-])c2cnccc12)C1CN(C)CCO1. The summed E-state index contributed by atoms with van der Waals surface area (Å²) in [6.45, 7) is 4.59.